The van der Waals surface area contributed by atoms with E-state index in [1.165, 1.54) is 11.0 Å². The highest BCUT2D eigenvalue weighted by atomic mass is 35.5. The Labute approximate surface area is 108 Å². The molecule has 4 nitrogen and oxygen atoms in total. The lowest BCUT2D eigenvalue weighted by atomic mass is 10.4. The van der Waals surface area contributed by atoms with Gasteiger partial charge in [-0.3, -0.25) is 0 Å². The molecule has 82 valence electrons. The molecule has 0 aliphatic heterocycles. The molecule has 0 radical (unpaired) electrons. The molecular weight excluding hydrogens is 270 g/mol. The summed E-state index contributed by atoms with van der Waals surface area (Å²) in [5, 5.41) is 17.8. The van der Waals surface area contributed by atoms with Crippen molar-refractivity contribution in [1.29, 1.82) is 10.5 Å². The van der Waals surface area contributed by atoms with Crippen LogP contribution in [0.5, 0.6) is 0 Å². The number of anilines is 1. The molecule has 0 atom stereocenters. The number of aromatic nitrogens is 1. The maximum Gasteiger partial charge on any atom is 0.151 e. The summed E-state index contributed by atoms with van der Waals surface area (Å²) in [6, 6.07) is 5.25. The number of pyridine rings is 1. The Balaban J connectivity index is 3.15. The molecule has 0 aromatic carbocycles. The second kappa shape index (κ2) is 5.77. The van der Waals surface area contributed by atoms with E-state index >= 15 is 0 Å². The maximum atomic E-state index is 8.61. The fourth-order valence-corrected chi connectivity index (χ4v) is 1.65. The molecular formula is C9H5Cl3N4. The summed E-state index contributed by atoms with van der Waals surface area (Å²) < 4.78 is 0. The predicted molar refractivity (Wildman–Crippen MR) is 62.7 cm³/mol. The standard InChI is InChI=1S/C9H5Cl3N4/c10-6-5-7(11)9(15-8(6)12)16(3-1-13)4-2-14/h5H,3-4H2. The number of nitrogens with zero attached hydrogens (tertiary/aromatic N) is 4. The first-order valence-electron chi connectivity index (χ1n) is 4.10. The minimum atomic E-state index is -0.00174. The predicted octanol–water partition coefficient (Wildman–Crippen LogP) is 2.90. The van der Waals surface area contributed by atoms with Crippen molar-refractivity contribution in [2.45, 2.75) is 0 Å². The summed E-state index contributed by atoms with van der Waals surface area (Å²) in [5.41, 5.74) is 0. The first-order chi connectivity index (χ1) is 7.60. The molecule has 0 N–H and O–H groups in total. The third kappa shape index (κ3) is 2.90. The quantitative estimate of drug-likeness (QED) is 0.628. The van der Waals surface area contributed by atoms with Crippen LogP contribution in [-0.4, -0.2) is 18.1 Å². The number of hydrogen-bond acceptors (Lipinski definition) is 4. The summed E-state index contributed by atoms with van der Waals surface area (Å²) in [6.45, 7) is -0.00349. The Morgan fingerprint density at radius 1 is 1.12 bits per heavy atom. The molecule has 0 amide bonds. The molecule has 1 aromatic rings. The molecule has 0 unspecified atom stereocenters. The zero-order valence-electron chi connectivity index (χ0n) is 7.91. The van der Waals surface area contributed by atoms with Gasteiger partial charge in [0, 0.05) is 0 Å². The normalized spacial score (nSPS) is 9.31. The Kier molecular flexibility index (Phi) is 4.64. The summed E-state index contributed by atoms with van der Waals surface area (Å²) >= 11 is 17.4. The van der Waals surface area contributed by atoms with Crippen LogP contribution in [0.1, 0.15) is 0 Å². The van der Waals surface area contributed by atoms with Crippen LogP contribution in [0.2, 0.25) is 15.2 Å². The molecule has 1 rings (SSSR count). The van der Waals surface area contributed by atoms with Gasteiger partial charge < -0.3 is 4.90 Å². The first-order valence-corrected chi connectivity index (χ1v) is 5.24. The molecule has 0 bridgehead atoms. The molecule has 0 fully saturated rings. The fourth-order valence-electron chi connectivity index (χ4n) is 1.03. The third-order valence-electron chi connectivity index (χ3n) is 1.69. The average Bonchev–Trinajstić information content (AvgIpc) is 2.23. The lowest BCUT2D eigenvalue weighted by molar-refractivity contribution is 0.936. The van der Waals surface area contributed by atoms with Gasteiger partial charge in [0.05, 0.1) is 22.2 Å². The third-order valence-corrected chi connectivity index (χ3v) is 2.64. The van der Waals surface area contributed by atoms with Crippen LogP contribution in [0.15, 0.2) is 6.07 Å². The van der Waals surface area contributed by atoms with Crippen molar-refractivity contribution in [3.8, 4) is 12.1 Å². The van der Waals surface area contributed by atoms with E-state index in [-0.39, 0.29) is 34.1 Å². The van der Waals surface area contributed by atoms with Gasteiger partial charge in [0.1, 0.15) is 18.2 Å². The van der Waals surface area contributed by atoms with Crippen molar-refractivity contribution < 1.29 is 0 Å². The van der Waals surface area contributed by atoms with E-state index in [0.29, 0.717) is 0 Å². The van der Waals surface area contributed by atoms with Crippen molar-refractivity contribution in [3.05, 3.63) is 21.3 Å². The highest BCUT2D eigenvalue weighted by Gasteiger charge is 2.14. The van der Waals surface area contributed by atoms with Gasteiger partial charge in [0.25, 0.3) is 0 Å². The summed E-state index contributed by atoms with van der Waals surface area (Å²) in [5.74, 6) is 0.277. The largest absolute Gasteiger partial charge is 0.329 e. The van der Waals surface area contributed by atoms with E-state index in [1.807, 2.05) is 12.1 Å². The molecule has 0 saturated carbocycles. The lowest BCUT2D eigenvalue weighted by Gasteiger charge is -2.18. The monoisotopic (exact) mass is 274 g/mol. The highest BCUT2D eigenvalue weighted by molar-refractivity contribution is 6.42. The molecule has 7 heteroatoms. The molecule has 16 heavy (non-hydrogen) atoms. The second-order valence-electron chi connectivity index (χ2n) is 2.74. The van der Waals surface area contributed by atoms with E-state index in [9.17, 15) is 0 Å². The summed E-state index contributed by atoms with van der Waals surface area (Å²) in [6.07, 6.45) is 0. The number of halogens is 3. The van der Waals surface area contributed by atoms with Crippen molar-refractivity contribution in [2.24, 2.45) is 0 Å². The van der Waals surface area contributed by atoms with Crippen LogP contribution >= 0.6 is 34.8 Å². The van der Waals surface area contributed by atoms with Crippen molar-refractivity contribution in [1.82, 2.24) is 4.98 Å². The minimum Gasteiger partial charge on any atom is -0.329 e. The zero-order chi connectivity index (χ0) is 12.1. The van der Waals surface area contributed by atoms with Gasteiger partial charge in [-0.2, -0.15) is 10.5 Å². The van der Waals surface area contributed by atoms with Crippen LogP contribution in [0.4, 0.5) is 5.82 Å². The van der Waals surface area contributed by atoms with Crippen molar-refractivity contribution in [3.63, 3.8) is 0 Å². The van der Waals surface area contributed by atoms with Gasteiger partial charge >= 0.3 is 0 Å². The van der Waals surface area contributed by atoms with Gasteiger partial charge in [0.2, 0.25) is 0 Å². The number of hydrogen-bond donors (Lipinski definition) is 0. The topological polar surface area (TPSA) is 63.7 Å². The Bertz CT molecular complexity index is 459. The van der Waals surface area contributed by atoms with E-state index in [1.54, 1.807) is 0 Å². The van der Waals surface area contributed by atoms with Crippen molar-refractivity contribution in [2.75, 3.05) is 18.0 Å². The molecule has 0 saturated heterocycles. The van der Waals surface area contributed by atoms with Crippen LogP contribution in [0.25, 0.3) is 0 Å². The second-order valence-corrected chi connectivity index (χ2v) is 3.91. The van der Waals surface area contributed by atoms with Gasteiger partial charge in [-0.15, -0.1) is 0 Å². The van der Waals surface area contributed by atoms with Crippen LogP contribution in [-0.2, 0) is 0 Å². The fraction of sp³-hybridized carbons (Fsp3) is 0.222. The van der Waals surface area contributed by atoms with Gasteiger partial charge in [-0.25, -0.2) is 4.98 Å². The average molecular weight is 276 g/mol. The van der Waals surface area contributed by atoms with Crippen molar-refractivity contribution >= 4 is 40.6 Å². The molecule has 1 heterocycles. The zero-order valence-corrected chi connectivity index (χ0v) is 10.2. The van der Waals surface area contributed by atoms with Gasteiger partial charge in [-0.05, 0) is 6.07 Å². The molecule has 0 spiro atoms. The highest BCUT2D eigenvalue weighted by Crippen LogP contribution is 2.30. The van der Waals surface area contributed by atoms with E-state index < -0.39 is 0 Å². The first kappa shape index (κ1) is 12.9. The SMILES string of the molecule is N#CCN(CC#N)c1nc(Cl)c(Cl)cc1Cl. The number of nitriles is 2. The summed E-state index contributed by atoms with van der Waals surface area (Å²) in [7, 11) is 0. The maximum absolute atomic E-state index is 8.61. The Morgan fingerprint density at radius 2 is 1.69 bits per heavy atom. The summed E-state index contributed by atoms with van der Waals surface area (Å²) in [4.78, 5) is 5.34. The van der Waals surface area contributed by atoms with E-state index in [0.717, 1.165) is 0 Å². The lowest BCUT2D eigenvalue weighted by Crippen LogP contribution is -2.25. The van der Waals surface area contributed by atoms with E-state index in [2.05, 4.69) is 4.98 Å². The van der Waals surface area contributed by atoms with Gasteiger partial charge in [-0.1, -0.05) is 34.8 Å². The molecule has 1 aromatic heterocycles. The van der Waals surface area contributed by atoms with Crippen LogP contribution in [0.3, 0.4) is 0 Å². The molecule has 0 aliphatic carbocycles. The van der Waals surface area contributed by atoms with Crippen LogP contribution in [0, 0.1) is 22.7 Å². The Hall–Kier alpha value is -1.20. The van der Waals surface area contributed by atoms with Crippen LogP contribution < -0.4 is 4.90 Å². The number of rotatable bonds is 3. The van der Waals surface area contributed by atoms with E-state index in [4.69, 9.17) is 45.3 Å². The Morgan fingerprint density at radius 3 is 2.19 bits per heavy atom. The molecule has 0 aliphatic rings. The van der Waals surface area contributed by atoms with Gasteiger partial charge in [0.15, 0.2) is 5.82 Å². The smallest absolute Gasteiger partial charge is 0.151 e. The minimum absolute atomic E-state index is 0.00174.